The Morgan fingerprint density at radius 2 is 1.08 bits per heavy atom. The molecule has 240 valence electrons. The Kier molecular flexibility index (Phi) is 6.82. The van der Waals surface area contributed by atoms with E-state index in [0.717, 1.165) is 29.0 Å². The fraction of sp³-hybridized carbons (Fsp3) is 0.0408. The maximum absolute atomic E-state index is 4.94. The van der Waals surface area contributed by atoms with Gasteiger partial charge in [-0.1, -0.05) is 153 Å². The van der Waals surface area contributed by atoms with E-state index in [9.17, 15) is 0 Å². The topological polar surface area (TPSA) is 17.8 Å². The molecular formula is C49H34N2. The minimum atomic E-state index is 0.862. The zero-order valence-corrected chi connectivity index (χ0v) is 28.3. The van der Waals surface area contributed by atoms with Gasteiger partial charge in [-0.05, 0) is 107 Å². The van der Waals surface area contributed by atoms with Gasteiger partial charge >= 0.3 is 0 Å². The maximum Gasteiger partial charge on any atom is 0.114 e. The van der Waals surface area contributed by atoms with E-state index in [0.29, 0.717) is 0 Å². The Morgan fingerprint density at radius 1 is 0.431 bits per heavy atom. The molecule has 0 atom stereocenters. The first kappa shape index (κ1) is 29.4. The van der Waals surface area contributed by atoms with Crippen molar-refractivity contribution in [3.05, 3.63) is 182 Å². The minimum absolute atomic E-state index is 0.862. The number of imidazole rings is 1. The lowest BCUT2D eigenvalue weighted by molar-refractivity contribution is 0.908. The Hall–Kier alpha value is -6.51. The first-order chi connectivity index (χ1) is 25.3. The van der Waals surface area contributed by atoms with Gasteiger partial charge in [0.1, 0.15) is 5.82 Å². The van der Waals surface area contributed by atoms with Gasteiger partial charge in [-0.3, -0.25) is 4.57 Å². The highest BCUT2D eigenvalue weighted by atomic mass is 15.1. The molecule has 10 aromatic rings. The van der Waals surface area contributed by atoms with E-state index in [2.05, 4.69) is 187 Å². The van der Waals surface area contributed by atoms with E-state index >= 15 is 0 Å². The molecule has 10 rings (SSSR count). The predicted molar refractivity (Wildman–Crippen MR) is 217 cm³/mol. The van der Waals surface area contributed by atoms with Crippen molar-refractivity contribution < 1.29 is 0 Å². The fourth-order valence-electron chi connectivity index (χ4n) is 8.23. The van der Waals surface area contributed by atoms with Crippen molar-refractivity contribution in [2.75, 3.05) is 0 Å². The molecule has 0 aliphatic heterocycles. The standard InChI is InChI=1S/C49H34N2/c1-2-47-50-45-21-10-11-22-46(45)51(47)36-27-23-34(24-28-36)48-41-17-8-9-18-42(41)49(44-31-35(26-30-43(44)48)32-13-4-3-5-14-32)40-20-12-19-38-37-16-7-6-15-33(37)25-29-39(38)40/h3-31H,2H2,1H3. The molecule has 0 radical (unpaired) electrons. The second-order valence-corrected chi connectivity index (χ2v) is 13.4. The van der Waals surface area contributed by atoms with Crippen LogP contribution in [-0.4, -0.2) is 9.55 Å². The molecule has 0 saturated heterocycles. The van der Waals surface area contributed by atoms with E-state index in [1.807, 2.05) is 0 Å². The average molecular weight is 651 g/mol. The van der Waals surface area contributed by atoms with E-state index in [-0.39, 0.29) is 0 Å². The van der Waals surface area contributed by atoms with Crippen LogP contribution in [0.5, 0.6) is 0 Å². The quantitative estimate of drug-likeness (QED) is 0.134. The van der Waals surface area contributed by atoms with Crippen LogP contribution in [0, 0.1) is 0 Å². The first-order valence-electron chi connectivity index (χ1n) is 17.8. The van der Waals surface area contributed by atoms with Gasteiger partial charge in [0.2, 0.25) is 0 Å². The summed E-state index contributed by atoms with van der Waals surface area (Å²) in [6.45, 7) is 2.17. The van der Waals surface area contributed by atoms with Crippen LogP contribution in [0.4, 0.5) is 0 Å². The molecule has 0 bridgehead atoms. The number of hydrogen-bond donors (Lipinski definition) is 0. The lowest BCUT2D eigenvalue weighted by Gasteiger charge is -2.20. The molecule has 0 aliphatic rings. The largest absolute Gasteiger partial charge is 0.296 e. The number of rotatable bonds is 5. The van der Waals surface area contributed by atoms with E-state index < -0.39 is 0 Å². The Labute approximate surface area is 296 Å². The van der Waals surface area contributed by atoms with Crippen molar-refractivity contribution in [2.45, 2.75) is 13.3 Å². The van der Waals surface area contributed by atoms with Crippen molar-refractivity contribution >= 4 is 54.1 Å². The van der Waals surface area contributed by atoms with Gasteiger partial charge in [-0.25, -0.2) is 4.98 Å². The average Bonchev–Trinajstić information content (AvgIpc) is 3.59. The third kappa shape index (κ3) is 4.68. The molecule has 0 unspecified atom stereocenters. The second kappa shape index (κ2) is 11.8. The van der Waals surface area contributed by atoms with Crippen LogP contribution < -0.4 is 0 Å². The van der Waals surface area contributed by atoms with Gasteiger partial charge < -0.3 is 0 Å². The lowest BCUT2D eigenvalue weighted by atomic mass is 9.83. The summed E-state index contributed by atoms with van der Waals surface area (Å²) in [5.74, 6) is 1.07. The van der Waals surface area contributed by atoms with Gasteiger partial charge in [-0.15, -0.1) is 0 Å². The summed E-state index contributed by atoms with van der Waals surface area (Å²) in [6, 6.07) is 64.3. The van der Waals surface area contributed by atoms with Crippen molar-refractivity contribution in [3.63, 3.8) is 0 Å². The third-order valence-corrected chi connectivity index (χ3v) is 10.5. The van der Waals surface area contributed by atoms with Crippen molar-refractivity contribution in [1.29, 1.82) is 0 Å². The zero-order chi connectivity index (χ0) is 33.9. The number of nitrogens with zero attached hydrogens (tertiary/aromatic N) is 2. The smallest absolute Gasteiger partial charge is 0.114 e. The van der Waals surface area contributed by atoms with E-state index in [1.165, 1.54) is 76.5 Å². The van der Waals surface area contributed by atoms with Gasteiger partial charge in [0.15, 0.2) is 0 Å². The normalized spacial score (nSPS) is 11.7. The first-order valence-corrected chi connectivity index (χ1v) is 17.8. The molecule has 2 nitrogen and oxygen atoms in total. The van der Waals surface area contributed by atoms with E-state index in [1.54, 1.807) is 0 Å². The number of aryl methyl sites for hydroxylation is 1. The number of para-hydroxylation sites is 2. The second-order valence-electron chi connectivity index (χ2n) is 13.4. The SMILES string of the molecule is CCc1nc2ccccc2n1-c1ccc(-c2c3ccccc3c(-c3cccc4c3ccc3ccccc34)c3cc(-c4ccccc4)ccc23)cc1. The predicted octanol–water partition coefficient (Wildman–Crippen LogP) is 13.2. The summed E-state index contributed by atoms with van der Waals surface area (Å²) >= 11 is 0. The van der Waals surface area contributed by atoms with Crippen LogP contribution in [0.2, 0.25) is 0 Å². The maximum atomic E-state index is 4.94. The Bertz CT molecular complexity index is 2930. The molecule has 0 N–H and O–H groups in total. The number of benzene rings is 9. The highest BCUT2D eigenvalue weighted by molar-refractivity contribution is 6.25. The summed E-state index contributed by atoms with van der Waals surface area (Å²) < 4.78 is 2.30. The number of aromatic nitrogens is 2. The third-order valence-electron chi connectivity index (χ3n) is 10.5. The molecule has 0 fully saturated rings. The zero-order valence-electron chi connectivity index (χ0n) is 28.3. The molecule has 2 heteroatoms. The Balaban J connectivity index is 1.26. The van der Waals surface area contributed by atoms with Crippen LogP contribution in [-0.2, 0) is 6.42 Å². The van der Waals surface area contributed by atoms with Crippen LogP contribution >= 0.6 is 0 Å². The summed E-state index contributed by atoms with van der Waals surface area (Å²) in [6.07, 6.45) is 0.862. The highest BCUT2D eigenvalue weighted by Gasteiger charge is 2.20. The van der Waals surface area contributed by atoms with Gasteiger partial charge in [0.05, 0.1) is 11.0 Å². The molecular weight excluding hydrogens is 617 g/mol. The molecule has 1 aromatic heterocycles. The minimum Gasteiger partial charge on any atom is -0.296 e. The molecule has 0 aliphatic carbocycles. The molecule has 9 aromatic carbocycles. The lowest BCUT2D eigenvalue weighted by Crippen LogP contribution is -2.00. The molecule has 0 saturated carbocycles. The van der Waals surface area contributed by atoms with Gasteiger partial charge in [0, 0.05) is 12.1 Å². The molecule has 51 heavy (non-hydrogen) atoms. The monoisotopic (exact) mass is 650 g/mol. The summed E-state index contributed by atoms with van der Waals surface area (Å²) in [7, 11) is 0. The molecule has 0 spiro atoms. The summed E-state index contributed by atoms with van der Waals surface area (Å²) in [5.41, 5.74) is 10.7. The van der Waals surface area contributed by atoms with Crippen LogP contribution in [0.1, 0.15) is 12.7 Å². The summed E-state index contributed by atoms with van der Waals surface area (Å²) in [5, 5.41) is 10.1. The molecule has 1 heterocycles. The van der Waals surface area contributed by atoms with Crippen molar-refractivity contribution in [2.24, 2.45) is 0 Å². The van der Waals surface area contributed by atoms with E-state index in [4.69, 9.17) is 4.98 Å². The highest BCUT2D eigenvalue weighted by Crippen LogP contribution is 2.47. The van der Waals surface area contributed by atoms with Gasteiger partial charge in [-0.2, -0.15) is 0 Å². The van der Waals surface area contributed by atoms with Crippen molar-refractivity contribution in [3.8, 4) is 39.1 Å². The number of fused-ring (bicyclic) bond motifs is 6. The fourth-order valence-corrected chi connectivity index (χ4v) is 8.23. The number of hydrogen-bond acceptors (Lipinski definition) is 1. The van der Waals surface area contributed by atoms with Crippen molar-refractivity contribution in [1.82, 2.24) is 9.55 Å². The summed E-state index contributed by atoms with van der Waals surface area (Å²) in [4.78, 5) is 4.94. The van der Waals surface area contributed by atoms with Crippen LogP contribution in [0.25, 0.3) is 93.2 Å². The van der Waals surface area contributed by atoms with Crippen LogP contribution in [0.3, 0.4) is 0 Å². The van der Waals surface area contributed by atoms with Crippen LogP contribution in [0.15, 0.2) is 176 Å². The Morgan fingerprint density at radius 3 is 1.90 bits per heavy atom. The molecule has 0 amide bonds. The van der Waals surface area contributed by atoms with Gasteiger partial charge in [0.25, 0.3) is 0 Å².